The first-order chi connectivity index (χ1) is 11.7. The van der Waals surface area contributed by atoms with Crippen LogP contribution in [-0.2, 0) is 11.2 Å². The van der Waals surface area contributed by atoms with E-state index in [-0.39, 0.29) is 5.91 Å². The predicted octanol–water partition coefficient (Wildman–Crippen LogP) is 1.01. The van der Waals surface area contributed by atoms with Gasteiger partial charge in [-0.2, -0.15) is 0 Å². The van der Waals surface area contributed by atoms with Gasteiger partial charge in [0, 0.05) is 57.6 Å². The van der Waals surface area contributed by atoms with Crippen LogP contribution in [0.5, 0.6) is 0 Å². The maximum absolute atomic E-state index is 11.3. The molecule has 24 heavy (non-hydrogen) atoms. The third kappa shape index (κ3) is 6.49. The molecule has 1 aromatic rings. The summed E-state index contributed by atoms with van der Waals surface area (Å²) in [6.07, 6.45) is 1.02. The number of hydrogen-bond donors (Lipinski definition) is 2. The zero-order valence-electron chi connectivity index (χ0n) is 14.8. The van der Waals surface area contributed by atoms with Gasteiger partial charge in [0.15, 0.2) is 5.96 Å². The molecule has 7 heteroatoms. The molecule has 1 saturated heterocycles. The molecule has 1 aliphatic rings. The van der Waals surface area contributed by atoms with E-state index in [2.05, 4.69) is 45.0 Å². The van der Waals surface area contributed by atoms with Crippen molar-refractivity contribution in [1.82, 2.24) is 20.4 Å². The van der Waals surface area contributed by atoms with Gasteiger partial charge in [0.05, 0.1) is 6.54 Å². The fourth-order valence-corrected chi connectivity index (χ4v) is 3.40. The van der Waals surface area contributed by atoms with Crippen LogP contribution in [0.1, 0.15) is 18.7 Å². The summed E-state index contributed by atoms with van der Waals surface area (Å²) in [4.78, 5) is 21.7. The fraction of sp³-hybridized carbons (Fsp3) is 0.647. The van der Waals surface area contributed by atoms with E-state index in [9.17, 15) is 4.79 Å². The first-order valence-electron chi connectivity index (χ1n) is 8.71. The molecule has 0 saturated carbocycles. The van der Waals surface area contributed by atoms with Crippen LogP contribution >= 0.6 is 11.3 Å². The van der Waals surface area contributed by atoms with E-state index in [0.29, 0.717) is 0 Å². The zero-order chi connectivity index (χ0) is 17.2. The molecular formula is C17H29N5OS. The Morgan fingerprint density at radius 2 is 2.08 bits per heavy atom. The quantitative estimate of drug-likeness (QED) is 0.569. The van der Waals surface area contributed by atoms with Crippen LogP contribution in [0, 0.1) is 0 Å². The molecule has 2 N–H and O–H groups in total. The van der Waals surface area contributed by atoms with Crippen molar-refractivity contribution in [1.29, 1.82) is 0 Å². The summed E-state index contributed by atoms with van der Waals surface area (Å²) in [5.41, 5.74) is 0. The lowest BCUT2D eigenvalue weighted by atomic mass is 10.3. The van der Waals surface area contributed by atoms with Crippen molar-refractivity contribution < 1.29 is 4.79 Å². The summed E-state index contributed by atoms with van der Waals surface area (Å²) in [5, 5.41) is 8.80. The molecule has 134 valence electrons. The number of guanidine groups is 1. The molecule has 1 aromatic heterocycles. The Bertz CT molecular complexity index is 509. The summed E-state index contributed by atoms with van der Waals surface area (Å²) in [6, 6.07) is 4.25. The molecule has 1 aliphatic heterocycles. The van der Waals surface area contributed by atoms with E-state index in [1.165, 1.54) is 4.88 Å². The Morgan fingerprint density at radius 3 is 2.71 bits per heavy atom. The van der Waals surface area contributed by atoms with Crippen molar-refractivity contribution in [2.75, 3.05) is 52.4 Å². The highest BCUT2D eigenvalue weighted by Gasteiger charge is 2.17. The average Bonchev–Trinajstić information content (AvgIpc) is 3.09. The Balaban J connectivity index is 1.67. The average molecular weight is 352 g/mol. The number of nitrogens with one attached hydrogen (secondary N) is 2. The molecule has 0 unspecified atom stereocenters. The van der Waals surface area contributed by atoms with Gasteiger partial charge in [-0.1, -0.05) is 6.07 Å². The SMILES string of the molecule is CCNC(=NCCN1CCN(C(C)=O)CC1)NCCc1cccs1. The number of nitrogens with zero attached hydrogens (tertiary/aromatic N) is 3. The summed E-state index contributed by atoms with van der Waals surface area (Å²) in [6.45, 7) is 10.7. The summed E-state index contributed by atoms with van der Waals surface area (Å²) in [5.74, 6) is 1.06. The van der Waals surface area contributed by atoms with E-state index >= 15 is 0 Å². The summed E-state index contributed by atoms with van der Waals surface area (Å²) < 4.78 is 0. The van der Waals surface area contributed by atoms with E-state index in [4.69, 9.17) is 0 Å². The smallest absolute Gasteiger partial charge is 0.219 e. The third-order valence-electron chi connectivity index (χ3n) is 4.09. The van der Waals surface area contributed by atoms with E-state index in [1.807, 2.05) is 4.90 Å². The maximum Gasteiger partial charge on any atom is 0.219 e. The van der Waals surface area contributed by atoms with Gasteiger partial charge in [-0.25, -0.2) is 0 Å². The molecule has 6 nitrogen and oxygen atoms in total. The molecule has 0 atom stereocenters. The van der Waals surface area contributed by atoms with Crippen LogP contribution in [0.3, 0.4) is 0 Å². The maximum atomic E-state index is 11.3. The molecule has 0 radical (unpaired) electrons. The fourth-order valence-electron chi connectivity index (χ4n) is 2.69. The topological polar surface area (TPSA) is 60.0 Å². The Morgan fingerprint density at radius 1 is 1.29 bits per heavy atom. The Kier molecular flexibility index (Phi) is 8.04. The molecular weight excluding hydrogens is 322 g/mol. The minimum absolute atomic E-state index is 0.178. The first-order valence-corrected chi connectivity index (χ1v) is 9.59. The van der Waals surface area contributed by atoms with E-state index < -0.39 is 0 Å². The number of thiophene rings is 1. The highest BCUT2D eigenvalue weighted by atomic mass is 32.1. The molecule has 0 bridgehead atoms. The molecule has 2 rings (SSSR count). The lowest BCUT2D eigenvalue weighted by molar-refractivity contribution is -0.130. The van der Waals surface area contributed by atoms with Crippen LogP contribution in [0.2, 0.25) is 0 Å². The Labute approximate surface area is 148 Å². The van der Waals surface area contributed by atoms with Gasteiger partial charge in [0.1, 0.15) is 0 Å². The van der Waals surface area contributed by atoms with Gasteiger partial charge in [-0.15, -0.1) is 11.3 Å². The second kappa shape index (κ2) is 10.3. The largest absolute Gasteiger partial charge is 0.357 e. The molecule has 2 heterocycles. The van der Waals surface area contributed by atoms with Crippen LogP contribution in [0.4, 0.5) is 0 Å². The van der Waals surface area contributed by atoms with Gasteiger partial charge in [0.25, 0.3) is 0 Å². The van der Waals surface area contributed by atoms with Gasteiger partial charge in [-0.05, 0) is 24.8 Å². The van der Waals surface area contributed by atoms with Crippen molar-refractivity contribution >= 4 is 23.2 Å². The molecule has 1 fully saturated rings. The van der Waals surface area contributed by atoms with Crippen LogP contribution in [0.15, 0.2) is 22.5 Å². The van der Waals surface area contributed by atoms with Crippen molar-refractivity contribution in [2.45, 2.75) is 20.3 Å². The predicted molar refractivity (Wildman–Crippen MR) is 101 cm³/mol. The van der Waals surface area contributed by atoms with Gasteiger partial charge >= 0.3 is 0 Å². The summed E-state index contributed by atoms with van der Waals surface area (Å²) in [7, 11) is 0. The van der Waals surface area contributed by atoms with Crippen molar-refractivity contribution in [3.05, 3.63) is 22.4 Å². The second-order valence-electron chi connectivity index (χ2n) is 5.86. The normalized spacial score (nSPS) is 16.2. The van der Waals surface area contributed by atoms with Crippen molar-refractivity contribution in [3.63, 3.8) is 0 Å². The van der Waals surface area contributed by atoms with Gasteiger partial charge in [0.2, 0.25) is 5.91 Å². The third-order valence-corrected chi connectivity index (χ3v) is 5.03. The van der Waals surface area contributed by atoms with Gasteiger partial charge in [-0.3, -0.25) is 14.7 Å². The summed E-state index contributed by atoms with van der Waals surface area (Å²) >= 11 is 1.79. The second-order valence-corrected chi connectivity index (χ2v) is 6.90. The minimum Gasteiger partial charge on any atom is -0.357 e. The number of piperazine rings is 1. The number of amides is 1. The standard InChI is InChI=1S/C17H29N5OS/c1-3-18-17(19-7-6-16-5-4-14-24-16)20-8-9-21-10-12-22(13-11-21)15(2)23/h4-5,14H,3,6-13H2,1-2H3,(H2,18,19,20). The number of hydrogen-bond acceptors (Lipinski definition) is 4. The van der Waals surface area contributed by atoms with Crippen molar-refractivity contribution in [3.8, 4) is 0 Å². The van der Waals surface area contributed by atoms with Crippen molar-refractivity contribution in [2.24, 2.45) is 4.99 Å². The Hall–Kier alpha value is -1.60. The van der Waals surface area contributed by atoms with Crippen LogP contribution < -0.4 is 10.6 Å². The number of rotatable bonds is 7. The lowest BCUT2D eigenvalue weighted by Gasteiger charge is -2.33. The number of carbonyl (C=O) groups is 1. The zero-order valence-corrected chi connectivity index (χ0v) is 15.6. The molecule has 0 aliphatic carbocycles. The minimum atomic E-state index is 0.178. The number of aliphatic imine (C=N–C) groups is 1. The monoisotopic (exact) mass is 351 g/mol. The van der Waals surface area contributed by atoms with Crippen LogP contribution in [-0.4, -0.2) is 74.0 Å². The van der Waals surface area contributed by atoms with E-state index in [0.717, 1.165) is 64.7 Å². The van der Waals surface area contributed by atoms with Crippen LogP contribution in [0.25, 0.3) is 0 Å². The molecule has 1 amide bonds. The number of carbonyl (C=O) groups excluding carboxylic acids is 1. The highest BCUT2D eigenvalue weighted by Crippen LogP contribution is 2.08. The highest BCUT2D eigenvalue weighted by molar-refractivity contribution is 7.09. The molecule has 0 aromatic carbocycles. The van der Waals surface area contributed by atoms with Gasteiger partial charge < -0.3 is 15.5 Å². The lowest BCUT2D eigenvalue weighted by Crippen LogP contribution is -2.48. The van der Waals surface area contributed by atoms with E-state index in [1.54, 1.807) is 18.3 Å². The molecule has 0 spiro atoms. The first kappa shape index (κ1) is 18.7.